The lowest BCUT2D eigenvalue weighted by Gasteiger charge is -2.14. The molecule has 1 unspecified atom stereocenters. The molecule has 3 aromatic heterocycles. The van der Waals surface area contributed by atoms with Crippen LogP contribution < -0.4 is 0 Å². The third-order valence-electron chi connectivity index (χ3n) is 3.82. The summed E-state index contributed by atoms with van der Waals surface area (Å²) in [5, 5.41) is 0. The molecular weight excluding hydrogens is 294 g/mol. The minimum absolute atomic E-state index is 0.174. The van der Waals surface area contributed by atoms with Gasteiger partial charge in [-0.2, -0.15) is 0 Å². The van der Waals surface area contributed by atoms with Gasteiger partial charge in [-0.25, -0.2) is 19.3 Å². The average Bonchev–Trinajstić information content (AvgIpc) is 3.14. The first-order valence-electron chi connectivity index (χ1n) is 7.64. The second-order valence-corrected chi connectivity index (χ2v) is 7.06. The fourth-order valence-corrected chi connectivity index (χ4v) is 3.11. The van der Waals surface area contributed by atoms with Crippen LogP contribution in [0.3, 0.4) is 0 Å². The monoisotopic (exact) mass is 315 g/mol. The second kappa shape index (κ2) is 5.76. The van der Waals surface area contributed by atoms with Crippen molar-refractivity contribution < 1.29 is 0 Å². The predicted octanol–water partition coefficient (Wildman–Crippen LogP) is 4.14. The minimum atomic E-state index is 0.174. The molecule has 0 bridgehead atoms. The lowest BCUT2D eigenvalue weighted by molar-refractivity contribution is 0.657. The molecule has 0 aliphatic rings. The molecule has 22 heavy (non-hydrogen) atoms. The van der Waals surface area contributed by atoms with Crippen LogP contribution >= 0.6 is 11.5 Å². The van der Waals surface area contributed by atoms with E-state index in [0.717, 1.165) is 22.7 Å². The van der Waals surface area contributed by atoms with Gasteiger partial charge in [-0.15, -0.1) is 0 Å². The average molecular weight is 315 g/mol. The molecule has 0 spiro atoms. The molecule has 3 rings (SSSR count). The van der Waals surface area contributed by atoms with E-state index in [1.807, 2.05) is 12.5 Å². The van der Waals surface area contributed by atoms with E-state index in [2.05, 4.69) is 54.6 Å². The van der Waals surface area contributed by atoms with Crippen LogP contribution in [0.4, 0.5) is 0 Å². The summed E-state index contributed by atoms with van der Waals surface area (Å²) in [5.74, 6) is 1.50. The highest BCUT2D eigenvalue weighted by Gasteiger charge is 2.20. The standard InChI is InChI=1S/C16H21N5S/c1-9(2)13-14-16(20-15(19-13)10(3)4)21(8-17-14)11(5)12-6-7-18-22-12/h6-11H,1-5H3. The van der Waals surface area contributed by atoms with Crippen LogP contribution in [0.5, 0.6) is 0 Å². The summed E-state index contributed by atoms with van der Waals surface area (Å²) in [6.07, 6.45) is 3.71. The highest BCUT2D eigenvalue weighted by molar-refractivity contribution is 7.05. The third kappa shape index (κ3) is 2.52. The Balaban J connectivity index is 2.20. The Morgan fingerprint density at radius 1 is 1.05 bits per heavy atom. The van der Waals surface area contributed by atoms with E-state index in [1.165, 1.54) is 16.4 Å². The number of aromatic nitrogens is 5. The van der Waals surface area contributed by atoms with Crippen molar-refractivity contribution in [1.82, 2.24) is 23.9 Å². The summed E-state index contributed by atoms with van der Waals surface area (Å²) in [4.78, 5) is 15.3. The Morgan fingerprint density at radius 2 is 1.82 bits per heavy atom. The maximum Gasteiger partial charge on any atom is 0.164 e. The quantitative estimate of drug-likeness (QED) is 0.726. The fraction of sp³-hybridized carbons (Fsp3) is 0.500. The third-order valence-corrected chi connectivity index (χ3v) is 4.73. The molecule has 116 valence electrons. The van der Waals surface area contributed by atoms with Crippen LogP contribution in [-0.4, -0.2) is 23.9 Å². The van der Waals surface area contributed by atoms with E-state index in [-0.39, 0.29) is 6.04 Å². The van der Waals surface area contributed by atoms with Gasteiger partial charge in [-0.05, 0) is 30.4 Å². The van der Waals surface area contributed by atoms with E-state index in [1.54, 1.807) is 0 Å². The summed E-state index contributed by atoms with van der Waals surface area (Å²) < 4.78 is 6.33. The van der Waals surface area contributed by atoms with Crippen LogP contribution in [0.2, 0.25) is 0 Å². The van der Waals surface area contributed by atoms with Crippen molar-refractivity contribution >= 4 is 22.7 Å². The molecule has 0 saturated carbocycles. The Morgan fingerprint density at radius 3 is 2.41 bits per heavy atom. The van der Waals surface area contributed by atoms with Gasteiger partial charge < -0.3 is 4.57 Å². The van der Waals surface area contributed by atoms with E-state index >= 15 is 0 Å². The Kier molecular flexibility index (Phi) is 3.95. The molecule has 3 heterocycles. The van der Waals surface area contributed by atoms with Gasteiger partial charge >= 0.3 is 0 Å². The van der Waals surface area contributed by atoms with Crippen LogP contribution in [0.1, 0.15) is 68.9 Å². The lowest BCUT2D eigenvalue weighted by atomic mass is 10.1. The van der Waals surface area contributed by atoms with Crippen molar-refractivity contribution in [2.75, 3.05) is 0 Å². The molecule has 0 amide bonds. The summed E-state index contributed by atoms with van der Waals surface area (Å²) in [7, 11) is 0. The number of imidazole rings is 1. The van der Waals surface area contributed by atoms with Crippen LogP contribution in [0, 0.1) is 0 Å². The Labute approximate surface area is 134 Å². The molecule has 1 atom stereocenters. The molecule has 3 aromatic rings. The zero-order chi connectivity index (χ0) is 15.9. The number of nitrogens with zero attached hydrogens (tertiary/aromatic N) is 5. The molecule has 0 aliphatic carbocycles. The van der Waals surface area contributed by atoms with Gasteiger partial charge in [0.1, 0.15) is 11.3 Å². The van der Waals surface area contributed by atoms with Crippen LogP contribution in [0.15, 0.2) is 18.6 Å². The molecule has 0 aromatic carbocycles. The van der Waals surface area contributed by atoms with Gasteiger partial charge in [0.2, 0.25) is 0 Å². The van der Waals surface area contributed by atoms with E-state index in [9.17, 15) is 0 Å². The number of hydrogen-bond acceptors (Lipinski definition) is 5. The molecule has 0 saturated heterocycles. The molecule has 0 aliphatic heterocycles. The number of rotatable bonds is 4. The largest absolute Gasteiger partial charge is 0.307 e. The zero-order valence-electron chi connectivity index (χ0n) is 13.6. The van der Waals surface area contributed by atoms with Gasteiger partial charge in [0.05, 0.1) is 18.1 Å². The number of hydrogen-bond donors (Lipinski definition) is 0. The first-order chi connectivity index (χ1) is 10.5. The summed E-state index contributed by atoms with van der Waals surface area (Å²) in [6.45, 7) is 10.7. The van der Waals surface area contributed by atoms with Gasteiger partial charge in [0.15, 0.2) is 5.65 Å². The Hall–Kier alpha value is -1.82. The first kappa shape index (κ1) is 15.1. The SMILES string of the molecule is CC(C)c1nc(C(C)C)c2ncn(C(C)c3ccns3)c2n1. The highest BCUT2D eigenvalue weighted by atomic mass is 32.1. The molecule has 5 nitrogen and oxygen atoms in total. The van der Waals surface area contributed by atoms with E-state index < -0.39 is 0 Å². The maximum absolute atomic E-state index is 4.78. The highest BCUT2D eigenvalue weighted by Crippen LogP contribution is 2.28. The fourth-order valence-electron chi connectivity index (χ4n) is 2.48. The summed E-state index contributed by atoms with van der Waals surface area (Å²) in [5.41, 5.74) is 2.86. The van der Waals surface area contributed by atoms with Crippen molar-refractivity contribution in [3.63, 3.8) is 0 Å². The minimum Gasteiger partial charge on any atom is -0.307 e. The zero-order valence-corrected chi connectivity index (χ0v) is 14.4. The maximum atomic E-state index is 4.78. The lowest BCUT2D eigenvalue weighted by Crippen LogP contribution is -2.09. The van der Waals surface area contributed by atoms with Gasteiger partial charge in [-0.1, -0.05) is 27.7 Å². The summed E-state index contributed by atoms with van der Waals surface area (Å²) in [6, 6.07) is 2.22. The van der Waals surface area contributed by atoms with Gasteiger partial charge in [0.25, 0.3) is 0 Å². The Bertz CT molecular complexity index is 773. The van der Waals surface area contributed by atoms with Crippen molar-refractivity contribution in [3.05, 3.63) is 35.0 Å². The number of fused-ring (bicyclic) bond motifs is 1. The van der Waals surface area contributed by atoms with Crippen molar-refractivity contribution in [2.45, 2.75) is 52.5 Å². The molecule has 6 heteroatoms. The van der Waals surface area contributed by atoms with Gasteiger partial charge in [-0.3, -0.25) is 0 Å². The van der Waals surface area contributed by atoms with E-state index in [0.29, 0.717) is 11.8 Å². The topological polar surface area (TPSA) is 56.5 Å². The van der Waals surface area contributed by atoms with Crippen LogP contribution in [0.25, 0.3) is 11.2 Å². The molecule has 0 N–H and O–H groups in total. The summed E-state index contributed by atoms with van der Waals surface area (Å²) >= 11 is 1.52. The second-order valence-electron chi connectivity index (χ2n) is 6.19. The molecular formula is C16H21N5S. The van der Waals surface area contributed by atoms with Crippen LogP contribution in [-0.2, 0) is 0 Å². The molecule has 0 radical (unpaired) electrons. The van der Waals surface area contributed by atoms with Crippen molar-refractivity contribution in [3.8, 4) is 0 Å². The molecule has 0 fully saturated rings. The smallest absolute Gasteiger partial charge is 0.164 e. The first-order valence-corrected chi connectivity index (χ1v) is 8.41. The van der Waals surface area contributed by atoms with Gasteiger partial charge in [0, 0.05) is 17.0 Å². The van der Waals surface area contributed by atoms with Crippen molar-refractivity contribution in [1.29, 1.82) is 0 Å². The normalized spacial score (nSPS) is 13.4. The van der Waals surface area contributed by atoms with Crippen molar-refractivity contribution in [2.24, 2.45) is 0 Å². The van der Waals surface area contributed by atoms with E-state index in [4.69, 9.17) is 9.97 Å². The predicted molar refractivity (Wildman–Crippen MR) is 89.4 cm³/mol.